The van der Waals surface area contributed by atoms with Crippen molar-refractivity contribution in [2.24, 2.45) is 5.92 Å². The Kier molecular flexibility index (Phi) is 3.89. The molecule has 0 radical (unpaired) electrons. The van der Waals surface area contributed by atoms with Crippen LogP contribution in [-0.4, -0.2) is 22.7 Å². The molecule has 0 aliphatic rings. The summed E-state index contributed by atoms with van der Waals surface area (Å²) in [6, 6.07) is 1.92. The Labute approximate surface area is 85.2 Å². The molecule has 14 heavy (non-hydrogen) atoms. The molecular weight excluding hydrogens is 176 g/mol. The third-order valence-corrected chi connectivity index (χ3v) is 2.29. The van der Waals surface area contributed by atoms with Crippen molar-refractivity contribution in [3.05, 3.63) is 24.0 Å². The minimum Gasteiger partial charge on any atom is -0.391 e. The number of nitrogens with zero attached hydrogens (tertiary/aromatic N) is 1. The average Bonchev–Trinajstić information content (AvgIpc) is 2.16. The monoisotopic (exact) mass is 194 g/mol. The molecule has 1 rings (SSSR count). The summed E-state index contributed by atoms with van der Waals surface area (Å²) in [5, 5.41) is 12.8. The van der Waals surface area contributed by atoms with Gasteiger partial charge < -0.3 is 10.4 Å². The normalized spacial score (nSPS) is 12.9. The number of anilines is 1. The van der Waals surface area contributed by atoms with Crippen LogP contribution in [0.2, 0.25) is 0 Å². The van der Waals surface area contributed by atoms with Crippen molar-refractivity contribution in [1.29, 1.82) is 0 Å². The van der Waals surface area contributed by atoms with E-state index in [4.69, 9.17) is 0 Å². The van der Waals surface area contributed by atoms with Crippen LogP contribution < -0.4 is 5.32 Å². The van der Waals surface area contributed by atoms with E-state index in [9.17, 15) is 5.11 Å². The van der Waals surface area contributed by atoms with Crippen LogP contribution >= 0.6 is 0 Å². The Morgan fingerprint density at radius 3 is 2.79 bits per heavy atom. The highest BCUT2D eigenvalue weighted by atomic mass is 16.3. The summed E-state index contributed by atoms with van der Waals surface area (Å²) in [7, 11) is 0. The molecule has 1 atom stereocenters. The number of aliphatic hydroxyl groups is 1. The molecule has 0 saturated carbocycles. The Balaban J connectivity index is 2.50. The highest BCUT2D eigenvalue weighted by Gasteiger charge is 2.08. The summed E-state index contributed by atoms with van der Waals surface area (Å²) < 4.78 is 0. The lowest BCUT2D eigenvalue weighted by Gasteiger charge is -2.16. The Morgan fingerprint density at radius 2 is 2.21 bits per heavy atom. The van der Waals surface area contributed by atoms with Crippen molar-refractivity contribution in [1.82, 2.24) is 4.98 Å². The predicted molar refractivity (Wildman–Crippen MR) is 58.3 cm³/mol. The van der Waals surface area contributed by atoms with E-state index in [1.54, 1.807) is 6.20 Å². The first kappa shape index (κ1) is 11.0. The summed E-state index contributed by atoms with van der Waals surface area (Å²) in [4.78, 5) is 4.00. The van der Waals surface area contributed by atoms with E-state index in [0.29, 0.717) is 6.54 Å². The molecule has 0 saturated heterocycles. The molecule has 0 aliphatic carbocycles. The number of aliphatic hydroxyl groups excluding tert-OH is 1. The van der Waals surface area contributed by atoms with Crippen LogP contribution in [0.15, 0.2) is 18.5 Å². The summed E-state index contributed by atoms with van der Waals surface area (Å²) in [6.45, 7) is 6.59. The molecule has 1 unspecified atom stereocenters. The van der Waals surface area contributed by atoms with Gasteiger partial charge in [0.25, 0.3) is 0 Å². The molecule has 2 N–H and O–H groups in total. The molecule has 0 aromatic carbocycles. The quantitative estimate of drug-likeness (QED) is 0.768. The zero-order valence-corrected chi connectivity index (χ0v) is 8.99. The number of rotatable bonds is 4. The Hall–Kier alpha value is -1.09. The fourth-order valence-electron chi connectivity index (χ4n) is 1.12. The van der Waals surface area contributed by atoms with Gasteiger partial charge in [-0.2, -0.15) is 0 Å². The predicted octanol–water partition coefficient (Wildman–Crippen LogP) is 1.82. The van der Waals surface area contributed by atoms with Crippen LogP contribution in [0.5, 0.6) is 0 Å². The molecule has 3 nitrogen and oxygen atoms in total. The Bertz CT molecular complexity index is 286. The van der Waals surface area contributed by atoms with Gasteiger partial charge in [0.05, 0.1) is 6.10 Å². The van der Waals surface area contributed by atoms with Gasteiger partial charge in [0.15, 0.2) is 0 Å². The van der Waals surface area contributed by atoms with Gasteiger partial charge in [0, 0.05) is 24.6 Å². The summed E-state index contributed by atoms with van der Waals surface area (Å²) in [6.07, 6.45) is 3.25. The van der Waals surface area contributed by atoms with Crippen molar-refractivity contribution in [2.75, 3.05) is 11.9 Å². The molecule has 3 heteroatoms. The lowest BCUT2D eigenvalue weighted by atomic mass is 10.1. The zero-order chi connectivity index (χ0) is 10.6. The lowest BCUT2D eigenvalue weighted by molar-refractivity contribution is 0.138. The fourth-order valence-corrected chi connectivity index (χ4v) is 1.12. The molecule has 1 aromatic rings. The fraction of sp³-hybridized carbons (Fsp3) is 0.545. The first-order valence-electron chi connectivity index (χ1n) is 4.94. The van der Waals surface area contributed by atoms with E-state index < -0.39 is 0 Å². The van der Waals surface area contributed by atoms with E-state index in [1.165, 1.54) is 0 Å². The second kappa shape index (κ2) is 4.96. The van der Waals surface area contributed by atoms with Crippen LogP contribution in [0.25, 0.3) is 0 Å². The number of hydrogen-bond acceptors (Lipinski definition) is 3. The van der Waals surface area contributed by atoms with Crippen molar-refractivity contribution in [3.63, 3.8) is 0 Å². The highest BCUT2D eigenvalue weighted by molar-refractivity contribution is 5.48. The lowest BCUT2D eigenvalue weighted by Crippen LogP contribution is -2.24. The zero-order valence-electron chi connectivity index (χ0n) is 8.99. The van der Waals surface area contributed by atoms with Crippen molar-refractivity contribution in [3.8, 4) is 0 Å². The first-order chi connectivity index (χ1) is 6.61. The topological polar surface area (TPSA) is 45.2 Å². The number of pyridine rings is 1. The van der Waals surface area contributed by atoms with E-state index in [0.717, 1.165) is 11.3 Å². The number of aryl methyl sites for hydroxylation is 1. The molecule has 78 valence electrons. The average molecular weight is 194 g/mol. The molecule has 0 aliphatic heterocycles. The second-order valence-corrected chi connectivity index (χ2v) is 3.88. The molecule has 0 fully saturated rings. The van der Waals surface area contributed by atoms with Crippen molar-refractivity contribution < 1.29 is 5.11 Å². The highest BCUT2D eigenvalue weighted by Crippen LogP contribution is 2.12. The van der Waals surface area contributed by atoms with E-state index in [2.05, 4.69) is 10.3 Å². The number of aromatic nitrogens is 1. The first-order valence-corrected chi connectivity index (χ1v) is 4.94. The van der Waals surface area contributed by atoms with E-state index in [1.807, 2.05) is 33.0 Å². The van der Waals surface area contributed by atoms with Crippen LogP contribution in [0.4, 0.5) is 5.69 Å². The SMILES string of the molecule is Cc1cnccc1NCC(O)C(C)C. The summed E-state index contributed by atoms with van der Waals surface area (Å²) >= 11 is 0. The molecular formula is C11H18N2O. The maximum Gasteiger partial charge on any atom is 0.0735 e. The smallest absolute Gasteiger partial charge is 0.0735 e. The molecule has 1 aromatic heterocycles. The molecule has 1 heterocycles. The van der Waals surface area contributed by atoms with E-state index in [-0.39, 0.29) is 12.0 Å². The van der Waals surface area contributed by atoms with Gasteiger partial charge in [-0.1, -0.05) is 13.8 Å². The standard InChI is InChI=1S/C11H18N2O/c1-8(2)11(14)7-13-10-4-5-12-6-9(10)3/h4-6,8,11,14H,7H2,1-3H3,(H,12,13). The van der Waals surface area contributed by atoms with Gasteiger partial charge in [-0.05, 0) is 24.5 Å². The minimum absolute atomic E-state index is 0.282. The molecule has 0 spiro atoms. The van der Waals surface area contributed by atoms with Gasteiger partial charge in [0.1, 0.15) is 0 Å². The maximum atomic E-state index is 9.60. The van der Waals surface area contributed by atoms with Crippen LogP contribution in [0.1, 0.15) is 19.4 Å². The van der Waals surface area contributed by atoms with Crippen molar-refractivity contribution in [2.45, 2.75) is 26.9 Å². The number of nitrogens with one attached hydrogen (secondary N) is 1. The number of hydrogen-bond donors (Lipinski definition) is 2. The summed E-state index contributed by atoms with van der Waals surface area (Å²) in [5.74, 6) is 0.282. The summed E-state index contributed by atoms with van der Waals surface area (Å²) in [5.41, 5.74) is 2.14. The largest absolute Gasteiger partial charge is 0.391 e. The second-order valence-electron chi connectivity index (χ2n) is 3.88. The van der Waals surface area contributed by atoms with Gasteiger partial charge >= 0.3 is 0 Å². The van der Waals surface area contributed by atoms with Gasteiger partial charge in [-0.25, -0.2) is 0 Å². The Morgan fingerprint density at radius 1 is 1.50 bits per heavy atom. The maximum absolute atomic E-state index is 9.60. The van der Waals surface area contributed by atoms with Crippen molar-refractivity contribution >= 4 is 5.69 Å². The van der Waals surface area contributed by atoms with Crippen LogP contribution in [0.3, 0.4) is 0 Å². The van der Waals surface area contributed by atoms with E-state index >= 15 is 0 Å². The van der Waals surface area contributed by atoms with Crippen LogP contribution in [0, 0.1) is 12.8 Å². The van der Waals surface area contributed by atoms with Gasteiger partial charge in [-0.3, -0.25) is 4.98 Å². The third-order valence-electron chi connectivity index (χ3n) is 2.29. The van der Waals surface area contributed by atoms with Gasteiger partial charge in [-0.15, -0.1) is 0 Å². The van der Waals surface area contributed by atoms with Gasteiger partial charge in [0.2, 0.25) is 0 Å². The molecule has 0 amide bonds. The van der Waals surface area contributed by atoms with Crippen LogP contribution in [-0.2, 0) is 0 Å². The third kappa shape index (κ3) is 3.00. The molecule has 0 bridgehead atoms. The minimum atomic E-state index is -0.303.